The fraction of sp³-hybridized carbons (Fsp3) is 0.571. The lowest BCUT2D eigenvalue weighted by molar-refractivity contribution is -0.122. The molecule has 0 aromatic carbocycles. The van der Waals surface area contributed by atoms with Crippen LogP contribution in [0.25, 0.3) is 0 Å². The van der Waals surface area contributed by atoms with Crippen LogP contribution in [0.3, 0.4) is 0 Å². The van der Waals surface area contributed by atoms with Gasteiger partial charge in [0.2, 0.25) is 0 Å². The van der Waals surface area contributed by atoms with Gasteiger partial charge in [-0.3, -0.25) is 14.7 Å². The highest BCUT2D eigenvalue weighted by atomic mass is 16.1. The molecule has 0 saturated carbocycles. The van der Waals surface area contributed by atoms with E-state index in [4.69, 9.17) is 0 Å². The van der Waals surface area contributed by atoms with Gasteiger partial charge in [-0.25, -0.2) is 0 Å². The van der Waals surface area contributed by atoms with Crippen LogP contribution in [0.5, 0.6) is 0 Å². The Morgan fingerprint density at radius 1 is 1.41 bits per heavy atom. The van der Waals surface area contributed by atoms with Crippen LogP contribution in [0.15, 0.2) is 18.2 Å². The second-order valence-electron chi connectivity index (χ2n) is 4.93. The maximum atomic E-state index is 11.3. The van der Waals surface area contributed by atoms with Gasteiger partial charge in [-0.15, -0.1) is 0 Å². The molecule has 1 saturated heterocycles. The molecule has 0 atom stereocenters. The van der Waals surface area contributed by atoms with Crippen molar-refractivity contribution in [2.75, 3.05) is 13.1 Å². The predicted octanol–water partition coefficient (Wildman–Crippen LogP) is 2.19. The number of carbonyl (C=O) groups excluding carboxylic acids is 1. The number of pyridine rings is 1. The van der Waals surface area contributed by atoms with Crippen molar-refractivity contribution in [3.8, 4) is 0 Å². The van der Waals surface area contributed by atoms with Gasteiger partial charge in [0.15, 0.2) is 0 Å². The number of aromatic nitrogens is 1. The molecule has 1 aromatic rings. The Morgan fingerprint density at radius 3 is 2.71 bits per heavy atom. The van der Waals surface area contributed by atoms with Gasteiger partial charge in [0.1, 0.15) is 5.78 Å². The van der Waals surface area contributed by atoms with Crippen molar-refractivity contribution in [1.82, 2.24) is 9.88 Å². The van der Waals surface area contributed by atoms with Crippen LogP contribution in [0.2, 0.25) is 0 Å². The van der Waals surface area contributed by atoms with Crippen molar-refractivity contribution in [2.45, 2.75) is 33.2 Å². The first-order valence-electron chi connectivity index (χ1n) is 6.30. The van der Waals surface area contributed by atoms with E-state index >= 15 is 0 Å². The van der Waals surface area contributed by atoms with Crippen LogP contribution in [0.1, 0.15) is 31.2 Å². The zero-order chi connectivity index (χ0) is 12.3. The third kappa shape index (κ3) is 3.37. The van der Waals surface area contributed by atoms with Gasteiger partial charge in [0.05, 0.1) is 5.69 Å². The molecule has 3 nitrogen and oxygen atoms in total. The second-order valence-corrected chi connectivity index (χ2v) is 4.93. The number of carbonyl (C=O) groups is 1. The highest BCUT2D eigenvalue weighted by Gasteiger charge is 2.22. The molecule has 0 unspecified atom stereocenters. The summed E-state index contributed by atoms with van der Waals surface area (Å²) in [5, 5.41) is 0. The number of rotatable bonds is 3. The number of hydrogen-bond acceptors (Lipinski definition) is 3. The molecule has 0 bridgehead atoms. The highest BCUT2D eigenvalue weighted by molar-refractivity contribution is 5.78. The summed E-state index contributed by atoms with van der Waals surface area (Å²) in [7, 11) is 0. The molecule has 2 rings (SSSR count). The summed E-state index contributed by atoms with van der Waals surface area (Å²) in [6, 6.07) is 6.15. The summed E-state index contributed by atoms with van der Waals surface area (Å²) in [5.41, 5.74) is 2.20. The molecule has 0 aliphatic carbocycles. The van der Waals surface area contributed by atoms with Gasteiger partial charge < -0.3 is 0 Å². The summed E-state index contributed by atoms with van der Waals surface area (Å²) in [6.07, 6.45) is 2.00. The zero-order valence-electron chi connectivity index (χ0n) is 10.6. The molecule has 1 aliphatic rings. The van der Waals surface area contributed by atoms with Crippen LogP contribution in [0, 0.1) is 12.8 Å². The summed E-state index contributed by atoms with van der Waals surface area (Å²) < 4.78 is 0. The Labute approximate surface area is 103 Å². The molecule has 1 aromatic heterocycles. The highest BCUT2D eigenvalue weighted by Crippen LogP contribution is 2.19. The number of Topliss-reactive ketones (excluding diaryl/α,β-unsaturated/α-hetero) is 1. The van der Waals surface area contributed by atoms with Crippen LogP contribution < -0.4 is 0 Å². The van der Waals surface area contributed by atoms with E-state index in [1.807, 2.05) is 13.0 Å². The number of likely N-dealkylation sites (tertiary alicyclic amines) is 1. The zero-order valence-corrected chi connectivity index (χ0v) is 10.6. The van der Waals surface area contributed by atoms with Gasteiger partial charge in [0, 0.05) is 18.2 Å². The van der Waals surface area contributed by atoms with E-state index in [0.29, 0.717) is 5.78 Å². The average molecular weight is 232 g/mol. The topological polar surface area (TPSA) is 33.2 Å². The van der Waals surface area contributed by atoms with E-state index in [1.54, 1.807) is 6.92 Å². The van der Waals surface area contributed by atoms with Gasteiger partial charge in [0.25, 0.3) is 0 Å². The Morgan fingerprint density at radius 2 is 2.12 bits per heavy atom. The minimum absolute atomic E-state index is 0.289. The molecule has 92 valence electrons. The number of ketones is 1. The van der Waals surface area contributed by atoms with Crippen molar-refractivity contribution < 1.29 is 4.79 Å². The SMILES string of the molecule is CC(=O)C1CCN(Cc2cccc(C)n2)CC1. The molecule has 17 heavy (non-hydrogen) atoms. The molecular formula is C14H20N2O. The predicted molar refractivity (Wildman–Crippen MR) is 67.7 cm³/mol. The average Bonchev–Trinajstić information content (AvgIpc) is 2.29. The van der Waals surface area contributed by atoms with E-state index in [1.165, 1.54) is 0 Å². The van der Waals surface area contributed by atoms with Gasteiger partial charge in [-0.1, -0.05) is 6.07 Å². The van der Waals surface area contributed by atoms with Crippen molar-refractivity contribution in [3.05, 3.63) is 29.6 Å². The Bertz CT molecular complexity index is 395. The maximum absolute atomic E-state index is 11.3. The van der Waals surface area contributed by atoms with Crippen LogP contribution in [-0.4, -0.2) is 28.8 Å². The van der Waals surface area contributed by atoms with E-state index in [0.717, 1.165) is 43.9 Å². The first-order chi connectivity index (χ1) is 8.15. The van der Waals surface area contributed by atoms with Gasteiger partial charge in [-0.05, 0) is 51.9 Å². The van der Waals surface area contributed by atoms with Crippen LogP contribution in [-0.2, 0) is 11.3 Å². The Kier molecular flexibility index (Phi) is 3.89. The van der Waals surface area contributed by atoms with E-state index in [2.05, 4.69) is 22.0 Å². The van der Waals surface area contributed by atoms with E-state index in [9.17, 15) is 4.79 Å². The van der Waals surface area contributed by atoms with Gasteiger partial charge in [-0.2, -0.15) is 0 Å². The monoisotopic (exact) mass is 232 g/mol. The third-order valence-corrected chi connectivity index (χ3v) is 3.49. The quantitative estimate of drug-likeness (QED) is 0.801. The minimum Gasteiger partial charge on any atom is -0.300 e. The first kappa shape index (κ1) is 12.2. The van der Waals surface area contributed by atoms with Gasteiger partial charge >= 0.3 is 0 Å². The first-order valence-corrected chi connectivity index (χ1v) is 6.30. The smallest absolute Gasteiger partial charge is 0.133 e. The van der Waals surface area contributed by atoms with Crippen molar-refractivity contribution >= 4 is 5.78 Å². The van der Waals surface area contributed by atoms with Crippen molar-refractivity contribution in [3.63, 3.8) is 0 Å². The fourth-order valence-corrected chi connectivity index (χ4v) is 2.41. The maximum Gasteiger partial charge on any atom is 0.133 e. The molecule has 0 amide bonds. The summed E-state index contributed by atoms with van der Waals surface area (Å²) in [4.78, 5) is 18.2. The standard InChI is InChI=1S/C14H20N2O/c1-11-4-3-5-14(15-11)10-16-8-6-13(7-9-16)12(2)17/h3-5,13H,6-10H2,1-2H3. The summed E-state index contributed by atoms with van der Waals surface area (Å²) in [5.74, 6) is 0.634. The molecule has 0 radical (unpaired) electrons. The largest absolute Gasteiger partial charge is 0.300 e. The molecule has 3 heteroatoms. The molecule has 1 fully saturated rings. The Balaban J connectivity index is 1.88. The van der Waals surface area contributed by atoms with E-state index < -0.39 is 0 Å². The third-order valence-electron chi connectivity index (χ3n) is 3.49. The van der Waals surface area contributed by atoms with Crippen LogP contribution >= 0.6 is 0 Å². The van der Waals surface area contributed by atoms with Crippen molar-refractivity contribution in [2.24, 2.45) is 5.92 Å². The molecule has 0 spiro atoms. The molecule has 0 N–H and O–H groups in total. The lowest BCUT2D eigenvalue weighted by Gasteiger charge is -2.30. The number of piperidine rings is 1. The normalized spacial score (nSPS) is 18.2. The number of hydrogen-bond donors (Lipinski definition) is 0. The number of aryl methyl sites for hydroxylation is 1. The Hall–Kier alpha value is -1.22. The molecular weight excluding hydrogens is 212 g/mol. The summed E-state index contributed by atoms with van der Waals surface area (Å²) in [6.45, 7) is 6.67. The van der Waals surface area contributed by atoms with Crippen molar-refractivity contribution in [1.29, 1.82) is 0 Å². The minimum atomic E-state index is 0.289. The molecule has 2 heterocycles. The lowest BCUT2D eigenvalue weighted by atomic mass is 9.93. The van der Waals surface area contributed by atoms with Crippen LogP contribution in [0.4, 0.5) is 0 Å². The number of nitrogens with zero attached hydrogens (tertiary/aromatic N) is 2. The summed E-state index contributed by atoms with van der Waals surface area (Å²) >= 11 is 0. The fourth-order valence-electron chi connectivity index (χ4n) is 2.41. The van der Waals surface area contributed by atoms with E-state index in [-0.39, 0.29) is 5.92 Å². The molecule has 1 aliphatic heterocycles. The lowest BCUT2D eigenvalue weighted by Crippen LogP contribution is -2.35. The second kappa shape index (κ2) is 5.41.